The molecule has 306 valence electrons. The minimum Gasteiger partial charge on any atom is -0.744 e. The van der Waals surface area contributed by atoms with Gasteiger partial charge in [0.15, 0.2) is 19.7 Å². The molecule has 0 fully saturated rings. The van der Waals surface area contributed by atoms with E-state index < -0.39 is 103 Å². The molecule has 0 aliphatic heterocycles. The molecule has 4 aromatic rings. The summed E-state index contributed by atoms with van der Waals surface area (Å²) in [6.45, 7) is -1.84. The summed E-state index contributed by atoms with van der Waals surface area (Å²) in [5.41, 5.74) is 10.2. The van der Waals surface area contributed by atoms with Gasteiger partial charge in [0.2, 0.25) is 20.8 Å². The van der Waals surface area contributed by atoms with Gasteiger partial charge in [0.05, 0.1) is 62.2 Å². The summed E-state index contributed by atoms with van der Waals surface area (Å²) in [6.07, 6.45) is 0. The van der Waals surface area contributed by atoms with Crippen molar-refractivity contribution < 1.29 is 158 Å². The number of anilines is 3. The van der Waals surface area contributed by atoms with E-state index in [0.717, 1.165) is 36.4 Å². The molecule has 0 atom stereocenters. The monoisotopic (exact) mass is 957 g/mol. The quantitative estimate of drug-likeness (QED) is 0.0291. The van der Waals surface area contributed by atoms with E-state index in [1.807, 2.05) is 0 Å². The number of azo groups is 2. The summed E-state index contributed by atoms with van der Waals surface area (Å²) < 4.78 is 157. The number of nitrogen functional groups attached to an aromatic ring is 2. The Labute approximate surface area is 410 Å². The van der Waals surface area contributed by atoms with E-state index in [1.165, 1.54) is 42.5 Å². The Morgan fingerprint density at radius 1 is 0.600 bits per heavy atom. The third-order valence-electron chi connectivity index (χ3n) is 7.06. The van der Waals surface area contributed by atoms with E-state index in [4.69, 9.17) is 11.5 Å². The second kappa shape index (κ2) is 22.9. The molecule has 0 bridgehead atoms. The van der Waals surface area contributed by atoms with Crippen molar-refractivity contribution in [3.05, 3.63) is 84.4 Å². The predicted molar refractivity (Wildman–Crippen MR) is 194 cm³/mol. The van der Waals surface area contributed by atoms with Crippen LogP contribution in [0.4, 0.5) is 39.8 Å². The number of carbonyl (C=O) groups excluding carboxylic acids is 1. The first-order valence-corrected chi connectivity index (χ1v) is 22.5. The third-order valence-corrected chi connectivity index (χ3v) is 12.2. The number of benzene rings is 4. The molecule has 0 spiro atoms. The number of nitrogens with one attached hydrogen (secondary N) is 1. The Hall–Kier alpha value is -2.30. The molecule has 60 heavy (non-hydrogen) atoms. The average molecular weight is 958 g/mol. The van der Waals surface area contributed by atoms with Crippen LogP contribution in [0.25, 0.3) is 0 Å². The number of carbonyl (C=O) groups is 1. The fourth-order valence-corrected chi connectivity index (χ4v) is 8.00. The molecule has 0 radical (unpaired) electrons. The van der Waals surface area contributed by atoms with E-state index in [-0.39, 0.29) is 127 Å². The standard InChI is InChI=1S/C29H29N7O16S5.3Na/c30-26-24(17-25(55(42,43)44)27(31)28(26)36-34-20-8-10-22(11-9-20)53(38,39)14-12-51-56(45,46)47)35-33-19-6-4-18(5-7-19)29(37)32-21-2-1-3-23(16-21)54(40,41)15-13-52-57(48,49)50;;;/h1-11,16-17H,12-15,30-31H2,(H,32,37)(H,42,43,44)(H,45,46,47)(H,48,49,50);;;/q;3*+1/p-3. The Kier molecular flexibility index (Phi) is 21.2. The number of rotatable bonds is 17. The van der Waals surface area contributed by atoms with Crippen molar-refractivity contribution >= 4 is 96.3 Å². The van der Waals surface area contributed by atoms with Crippen molar-refractivity contribution in [1.29, 1.82) is 0 Å². The van der Waals surface area contributed by atoms with Gasteiger partial charge in [-0.15, -0.1) is 10.2 Å². The summed E-state index contributed by atoms with van der Waals surface area (Å²) in [6, 6.07) is 15.4. The van der Waals surface area contributed by atoms with Gasteiger partial charge in [-0.1, -0.05) is 6.07 Å². The molecular formula is C29H26N7Na3O16S5. The molecule has 0 aromatic heterocycles. The van der Waals surface area contributed by atoms with Crippen molar-refractivity contribution in [2.45, 2.75) is 14.7 Å². The molecule has 4 rings (SSSR count). The van der Waals surface area contributed by atoms with Crippen LogP contribution in [0.5, 0.6) is 0 Å². The molecule has 0 saturated heterocycles. The third kappa shape index (κ3) is 16.8. The summed E-state index contributed by atoms with van der Waals surface area (Å²) in [5, 5.41) is 18.0. The molecule has 0 heterocycles. The van der Waals surface area contributed by atoms with Crippen LogP contribution in [0.3, 0.4) is 0 Å². The van der Waals surface area contributed by atoms with E-state index in [0.29, 0.717) is 0 Å². The Morgan fingerprint density at radius 3 is 1.58 bits per heavy atom. The first-order valence-electron chi connectivity index (χ1n) is 15.1. The molecule has 0 unspecified atom stereocenters. The zero-order valence-electron chi connectivity index (χ0n) is 31.4. The van der Waals surface area contributed by atoms with Crippen LogP contribution in [0.15, 0.2) is 114 Å². The zero-order chi connectivity index (χ0) is 42.4. The van der Waals surface area contributed by atoms with Gasteiger partial charge in [-0.05, 0) is 72.8 Å². The second-order valence-electron chi connectivity index (χ2n) is 11.0. The van der Waals surface area contributed by atoms with Crippen LogP contribution in [0.2, 0.25) is 0 Å². The molecule has 31 heteroatoms. The van der Waals surface area contributed by atoms with Crippen LogP contribution < -0.4 is 105 Å². The molecule has 0 aliphatic carbocycles. The SMILES string of the molecule is Nc1c(N=Nc2ccc(C(=O)Nc3cccc(S(=O)(=O)CCOS(=O)(=O)[O-])c3)cc2)cc(S(=O)(=O)[O-])c(N)c1N=Nc1ccc(S(=O)(=O)CCOS(=O)(=O)[O-])cc1.[Na+].[Na+].[Na+]. The Balaban J connectivity index is 0.00000600. The molecule has 5 N–H and O–H groups in total. The topological polar surface area (TPSA) is 389 Å². The fraction of sp³-hybridized carbons (Fsp3) is 0.138. The van der Waals surface area contributed by atoms with Crippen LogP contribution in [-0.2, 0) is 59.0 Å². The molecule has 1 amide bonds. The summed E-state index contributed by atoms with van der Waals surface area (Å²) in [7, 11) is -23.7. The van der Waals surface area contributed by atoms with E-state index in [9.17, 15) is 60.5 Å². The smallest absolute Gasteiger partial charge is 0.744 e. The fourth-order valence-electron chi connectivity index (χ4n) is 4.38. The normalized spacial score (nSPS) is 12.3. The van der Waals surface area contributed by atoms with E-state index in [1.54, 1.807) is 0 Å². The number of nitrogens with two attached hydrogens (primary N) is 2. The minimum atomic E-state index is -5.25. The van der Waals surface area contributed by atoms with E-state index in [2.05, 4.69) is 34.1 Å². The van der Waals surface area contributed by atoms with Crippen molar-refractivity contribution in [2.75, 3.05) is 41.5 Å². The number of nitrogens with zero attached hydrogens (tertiary/aromatic N) is 4. The second-order valence-corrected chi connectivity index (χ2v) is 18.7. The van der Waals surface area contributed by atoms with Gasteiger partial charge in [0.1, 0.15) is 21.5 Å². The summed E-state index contributed by atoms with van der Waals surface area (Å²) in [5.74, 6) is -2.38. The first kappa shape index (κ1) is 55.7. The summed E-state index contributed by atoms with van der Waals surface area (Å²) in [4.78, 5) is 11.3. The maximum atomic E-state index is 12.9. The molecular weight excluding hydrogens is 932 g/mol. The zero-order valence-corrected chi connectivity index (χ0v) is 41.4. The number of hydrogen-bond donors (Lipinski definition) is 3. The van der Waals surface area contributed by atoms with Gasteiger partial charge in [-0.25, -0.2) is 42.1 Å². The van der Waals surface area contributed by atoms with Crippen LogP contribution in [0, 0.1) is 0 Å². The van der Waals surface area contributed by atoms with Gasteiger partial charge in [-0.2, -0.15) is 10.2 Å². The van der Waals surface area contributed by atoms with Crippen molar-refractivity contribution in [3.63, 3.8) is 0 Å². The molecule has 0 saturated carbocycles. The number of sulfone groups is 2. The van der Waals surface area contributed by atoms with Crippen LogP contribution >= 0.6 is 0 Å². The van der Waals surface area contributed by atoms with Gasteiger partial charge in [0.25, 0.3) is 5.91 Å². The van der Waals surface area contributed by atoms with Gasteiger partial charge in [-0.3, -0.25) is 13.2 Å². The summed E-state index contributed by atoms with van der Waals surface area (Å²) >= 11 is 0. The first-order chi connectivity index (χ1) is 26.3. The Bertz CT molecular complexity index is 2820. The maximum Gasteiger partial charge on any atom is 1.00 e. The van der Waals surface area contributed by atoms with Crippen molar-refractivity contribution in [2.24, 2.45) is 20.5 Å². The average Bonchev–Trinajstić information content (AvgIpc) is 3.10. The molecule has 23 nitrogen and oxygen atoms in total. The van der Waals surface area contributed by atoms with Crippen molar-refractivity contribution in [3.8, 4) is 0 Å². The van der Waals surface area contributed by atoms with Gasteiger partial charge < -0.3 is 30.4 Å². The minimum absolute atomic E-state index is 0. The number of amides is 1. The molecule has 0 aliphatic rings. The molecule has 4 aromatic carbocycles. The maximum absolute atomic E-state index is 12.9. The van der Waals surface area contributed by atoms with Crippen LogP contribution in [0.1, 0.15) is 10.4 Å². The Morgan fingerprint density at radius 2 is 1.08 bits per heavy atom. The number of hydrogen-bond acceptors (Lipinski definition) is 22. The largest absolute Gasteiger partial charge is 1.00 e. The predicted octanol–water partition coefficient (Wildman–Crippen LogP) is -6.65. The van der Waals surface area contributed by atoms with Crippen LogP contribution in [-0.4, -0.2) is 86.4 Å². The van der Waals surface area contributed by atoms with E-state index >= 15 is 0 Å². The van der Waals surface area contributed by atoms with Gasteiger partial charge in [0, 0.05) is 11.3 Å². The van der Waals surface area contributed by atoms with Crippen molar-refractivity contribution in [1.82, 2.24) is 0 Å². The van der Waals surface area contributed by atoms with Gasteiger partial charge >= 0.3 is 88.7 Å².